The van der Waals surface area contributed by atoms with Crippen molar-refractivity contribution < 1.29 is 36.6 Å². The average molecular weight is 567 g/mol. The van der Waals surface area contributed by atoms with Gasteiger partial charge in [0.15, 0.2) is 10.3 Å². The number of hydrogen-bond donors (Lipinski definition) is 4. The summed E-state index contributed by atoms with van der Waals surface area (Å²) in [6, 6.07) is 10.2. The zero-order valence-electron chi connectivity index (χ0n) is 17.6. The van der Waals surface area contributed by atoms with Gasteiger partial charge in [-0.1, -0.05) is 24.3 Å². The second-order valence-electron chi connectivity index (χ2n) is 6.89. The van der Waals surface area contributed by atoms with E-state index in [0.717, 1.165) is 46.9 Å². The largest absolute Gasteiger partial charge is 0.478 e. The Hall–Kier alpha value is -3.86. The summed E-state index contributed by atoms with van der Waals surface area (Å²) in [5.74, 6) is -2.81. The van der Waals surface area contributed by atoms with Gasteiger partial charge < -0.3 is 10.2 Å². The Labute approximate surface area is 212 Å². The van der Waals surface area contributed by atoms with Gasteiger partial charge in [0.1, 0.15) is 21.2 Å². The summed E-state index contributed by atoms with van der Waals surface area (Å²) in [5.41, 5.74) is -0.334. The lowest BCUT2D eigenvalue weighted by Crippen LogP contribution is -2.16. The molecule has 0 radical (unpaired) electrons. The quantitative estimate of drug-likeness (QED) is 0.234. The van der Waals surface area contributed by atoms with Gasteiger partial charge >= 0.3 is 11.9 Å². The normalized spacial score (nSPS) is 11.7. The van der Waals surface area contributed by atoms with Crippen LogP contribution in [-0.2, 0) is 20.0 Å². The van der Waals surface area contributed by atoms with Gasteiger partial charge in [-0.25, -0.2) is 36.4 Å². The van der Waals surface area contributed by atoms with Crippen LogP contribution in [0.1, 0.15) is 20.7 Å². The monoisotopic (exact) mass is 566 g/mol. The van der Waals surface area contributed by atoms with Gasteiger partial charge in [0.05, 0.1) is 11.1 Å². The van der Waals surface area contributed by atoms with Gasteiger partial charge in [-0.3, -0.25) is 9.44 Å². The minimum atomic E-state index is -4.26. The minimum Gasteiger partial charge on any atom is -0.478 e. The number of aromatic carboxylic acids is 2. The van der Waals surface area contributed by atoms with E-state index in [0.29, 0.717) is 0 Å². The molecule has 0 atom stereocenters. The van der Waals surface area contributed by atoms with Crippen LogP contribution in [0.2, 0.25) is 0 Å². The molecule has 16 heteroatoms. The smallest absolute Gasteiger partial charge is 0.337 e. The molecule has 0 spiro atoms. The highest BCUT2D eigenvalue weighted by Gasteiger charge is 2.25. The average Bonchev–Trinajstić information content (AvgIpc) is 3.48. The van der Waals surface area contributed by atoms with Crippen molar-refractivity contribution in [2.75, 3.05) is 9.44 Å². The van der Waals surface area contributed by atoms with Gasteiger partial charge in [0, 0.05) is 10.8 Å². The van der Waals surface area contributed by atoms with Crippen LogP contribution in [-0.4, -0.2) is 49.0 Å². The lowest BCUT2D eigenvalue weighted by atomic mass is 10.2. The number of anilines is 2. The summed E-state index contributed by atoms with van der Waals surface area (Å²) in [4.78, 5) is 30.2. The van der Waals surface area contributed by atoms with Crippen LogP contribution in [0.25, 0.3) is 11.4 Å². The van der Waals surface area contributed by atoms with Crippen LogP contribution in [0.3, 0.4) is 0 Å². The maximum Gasteiger partial charge on any atom is 0.337 e. The van der Waals surface area contributed by atoms with Crippen LogP contribution in [0.5, 0.6) is 0 Å². The van der Waals surface area contributed by atoms with Crippen LogP contribution in [0, 0.1) is 0 Å². The van der Waals surface area contributed by atoms with E-state index in [2.05, 4.69) is 19.4 Å². The summed E-state index contributed by atoms with van der Waals surface area (Å²) >= 11 is 1.83. The maximum atomic E-state index is 12.7. The molecule has 0 fully saturated rings. The summed E-state index contributed by atoms with van der Waals surface area (Å²) in [7, 11) is -8.52. The van der Waals surface area contributed by atoms with Gasteiger partial charge in [0.2, 0.25) is 0 Å². The van der Waals surface area contributed by atoms with Crippen molar-refractivity contribution in [3.8, 4) is 11.4 Å². The fourth-order valence-corrected chi connectivity index (χ4v) is 7.29. The van der Waals surface area contributed by atoms with Crippen LogP contribution < -0.4 is 9.44 Å². The lowest BCUT2D eigenvalue weighted by molar-refractivity contribution is 0.0682. The topological polar surface area (TPSA) is 193 Å². The molecule has 2 aromatic heterocycles. The highest BCUT2D eigenvalue weighted by molar-refractivity contribution is 7.93. The molecule has 0 bridgehead atoms. The Morgan fingerprint density at radius 1 is 0.667 bits per heavy atom. The van der Waals surface area contributed by atoms with Gasteiger partial charge in [-0.05, 0) is 24.3 Å². The Bertz CT molecular complexity index is 1570. The third-order valence-corrected chi connectivity index (χ3v) is 9.10. The second-order valence-corrected chi connectivity index (χ2v) is 11.9. The molecular weight excluding hydrogens is 553 g/mol. The lowest BCUT2D eigenvalue weighted by Gasteiger charge is -2.08. The number of sulfonamides is 2. The zero-order chi connectivity index (χ0) is 26.1. The molecular formula is C20H14N4O8S4. The van der Waals surface area contributed by atoms with E-state index in [1.54, 1.807) is 0 Å². The number of hydrogen-bond acceptors (Lipinski definition) is 10. The van der Waals surface area contributed by atoms with Crippen molar-refractivity contribution in [2.45, 2.75) is 9.79 Å². The molecule has 4 rings (SSSR count). The molecule has 0 amide bonds. The Balaban J connectivity index is 1.55. The van der Waals surface area contributed by atoms with Crippen LogP contribution in [0.4, 0.5) is 10.3 Å². The fourth-order valence-electron chi connectivity index (χ4n) is 2.97. The van der Waals surface area contributed by atoms with E-state index >= 15 is 0 Å². The van der Waals surface area contributed by atoms with Crippen molar-refractivity contribution in [3.05, 3.63) is 70.4 Å². The first-order valence-corrected chi connectivity index (χ1v) is 14.3. The van der Waals surface area contributed by atoms with Gasteiger partial charge in [0.25, 0.3) is 20.0 Å². The summed E-state index contributed by atoms with van der Waals surface area (Å²) < 4.78 is 55.3. The number of nitrogens with one attached hydrogen (secondary N) is 2. The van der Waals surface area contributed by atoms with E-state index < -0.39 is 52.9 Å². The highest BCUT2D eigenvalue weighted by Crippen LogP contribution is 2.31. The third kappa shape index (κ3) is 5.20. The SMILES string of the molecule is O=C(O)c1ccccc1S(=O)(=O)Nc1nc(-c2csc(NS(=O)(=O)c3ccccc3C(=O)O)n2)cs1. The van der Waals surface area contributed by atoms with E-state index in [-0.39, 0.29) is 21.7 Å². The van der Waals surface area contributed by atoms with E-state index in [1.807, 2.05) is 0 Å². The Morgan fingerprint density at radius 2 is 1.03 bits per heavy atom. The molecule has 0 aliphatic heterocycles. The second kappa shape index (κ2) is 9.65. The molecule has 2 aromatic carbocycles. The van der Waals surface area contributed by atoms with Gasteiger partial charge in [-0.15, -0.1) is 22.7 Å². The van der Waals surface area contributed by atoms with Crippen molar-refractivity contribution in [2.24, 2.45) is 0 Å². The maximum absolute atomic E-state index is 12.7. The fraction of sp³-hybridized carbons (Fsp3) is 0. The number of rotatable bonds is 9. The van der Waals surface area contributed by atoms with Crippen molar-refractivity contribution in [3.63, 3.8) is 0 Å². The zero-order valence-corrected chi connectivity index (χ0v) is 20.9. The number of carboxylic acids is 2. The molecule has 12 nitrogen and oxygen atoms in total. The van der Waals surface area contributed by atoms with Crippen molar-refractivity contribution in [1.82, 2.24) is 9.97 Å². The summed E-state index contributed by atoms with van der Waals surface area (Å²) in [5, 5.41) is 21.4. The number of thiazole rings is 2. The molecule has 4 aromatic rings. The van der Waals surface area contributed by atoms with E-state index in [1.165, 1.54) is 35.0 Å². The first kappa shape index (κ1) is 25.2. The first-order valence-electron chi connectivity index (χ1n) is 9.59. The molecule has 0 unspecified atom stereocenters. The highest BCUT2D eigenvalue weighted by atomic mass is 32.2. The van der Waals surface area contributed by atoms with Gasteiger partial charge in [-0.2, -0.15) is 0 Å². The molecule has 36 heavy (non-hydrogen) atoms. The molecule has 186 valence electrons. The molecule has 0 aliphatic carbocycles. The molecule has 0 saturated carbocycles. The van der Waals surface area contributed by atoms with E-state index in [4.69, 9.17) is 0 Å². The number of carboxylic acid groups (broad SMARTS) is 2. The standard InChI is InChI=1S/C20H14N4O8S4/c25-17(26)11-5-1-3-7-15(11)35(29,30)23-19-21-13(9-33-19)14-10-34-20(22-14)24-36(31,32)16-8-4-2-6-12(16)18(27)28/h1-10H,(H,21,23)(H,22,24)(H,25,26)(H,27,28). The number of aromatic nitrogens is 2. The Morgan fingerprint density at radius 3 is 1.39 bits per heavy atom. The molecule has 0 saturated heterocycles. The van der Waals surface area contributed by atoms with Crippen LogP contribution >= 0.6 is 22.7 Å². The number of benzene rings is 2. The third-order valence-electron chi connectivity index (χ3n) is 4.53. The Kier molecular flexibility index (Phi) is 6.77. The number of carbonyl (C=O) groups is 2. The molecule has 2 heterocycles. The van der Waals surface area contributed by atoms with Crippen LogP contribution in [0.15, 0.2) is 69.1 Å². The molecule has 4 N–H and O–H groups in total. The predicted molar refractivity (Wildman–Crippen MR) is 132 cm³/mol. The molecule has 0 aliphatic rings. The van der Waals surface area contributed by atoms with E-state index in [9.17, 15) is 36.6 Å². The summed E-state index contributed by atoms with van der Waals surface area (Å²) in [6.07, 6.45) is 0. The minimum absolute atomic E-state index is 0.0595. The van der Waals surface area contributed by atoms with Crippen molar-refractivity contribution in [1.29, 1.82) is 0 Å². The van der Waals surface area contributed by atoms with Crippen molar-refractivity contribution >= 4 is 64.9 Å². The first-order chi connectivity index (χ1) is 17.0. The number of nitrogens with zero attached hydrogens (tertiary/aromatic N) is 2. The summed E-state index contributed by atoms with van der Waals surface area (Å²) in [6.45, 7) is 0. The predicted octanol–water partition coefficient (Wildman–Crippen LogP) is 3.26.